The first-order valence-electron chi connectivity index (χ1n) is 10.7. The van der Waals surface area contributed by atoms with Gasteiger partial charge in [0.15, 0.2) is 22.4 Å². The van der Waals surface area contributed by atoms with Crippen LogP contribution in [0.5, 0.6) is 5.75 Å². The van der Waals surface area contributed by atoms with Crippen LogP contribution >= 0.6 is 11.3 Å². The van der Waals surface area contributed by atoms with Crippen molar-refractivity contribution < 1.29 is 28.6 Å². The van der Waals surface area contributed by atoms with Gasteiger partial charge in [0.1, 0.15) is 11.3 Å². The lowest BCUT2D eigenvalue weighted by Crippen LogP contribution is -2.31. The van der Waals surface area contributed by atoms with Crippen LogP contribution in [0.15, 0.2) is 70.3 Å². The average molecular weight is 489 g/mol. The van der Waals surface area contributed by atoms with Crippen LogP contribution in [-0.2, 0) is 4.79 Å². The maximum atomic E-state index is 13.7. The third-order valence-corrected chi connectivity index (χ3v) is 7.10. The lowest BCUT2D eigenvalue weighted by atomic mass is 9.95. The van der Waals surface area contributed by atoms with Gasteiger partial charge in [-0.1, -0.05) is 41.7 Å². The Morgan fingerprint density at radius 1 is 1.14 bits per heavy atom. The Hall–Kier alpha value is -4.24. The van der Waals surface area contributed by atoms with E-state index in [1.807, 2.05) is 6.07 Å². The Morgan fingerprint density at radius 2 is 1.86 bits per heavy atom. The fourth-order valence-electron chi connectivity index (χ4n) is 4.17. The number of hydrogen-bond donors (Lipinski definition) is 1. The molecule has 176 valence electrons. The summed E-state index contributed by atoms with van der Waals surface area (Å²) in [5, 5.41) is 11.9. The molecule has 8 nitrogen and oxygen atoms in total. The van der Waals surface area contributed by atoms with E-state index < -0.39 is 23.5 Å². The van der Waals surface area contributed by atoms with Crippen LogP contribution in [0.2, 0.25) is 0 Å². The molecule has 1 aliphatic heterocycles. The largest absolute Gasteiger partial charge is 0.503 e. The van der Waals surface area contributed by atoms with Crippen LogP contribution in [0.3, 0.4) is 0 Å². The Morgan fingerprint density at radius 3 is 2.49 bits per heavy atom. The first-order chi connectivity index (χ1) is 16.8. The summed E-state index contributed by atoms with van der Waals surface area (Å²) in [4.78, 5) is 45.1. The number of Topliss-reactive ketones (excluding diaryl/α,β-unsaturated/α-hetero) is 2. The third-order valence-electron chi connectivity index (χ3n) is 5.84. The second-order valence-electron chi connectivity index (χ2n) is 8.06. The summed E-state index contributed by atoms with van der Waals surface area (Å²) < 4.78 is 11.0. The molecule has 1 unspecified atom stereocenters. The predicted molar refractivity (Wildman–Crippen MR) is 130 cm³/mol. The smallest absolute Gasteiger partial charge is 0.296 e. The zero-order valence-corrected chi connectivity index (χ0v) is 19.9. The van der Waals surface area contributed by atoms with Crippen molar-refractivity contribution in [1.29, 1.82) is 0 Å². The maximum absolute atomic E-state index is 13.7. The molecule has 1 aliphatic rings. The number of benzene rings is 2. The second kappa shape index (κ2) is 8.52. The van der Waals surface area contributed by atoms with E-state index in [4.69, 9.17) is 9.15 Å². The number of methoxy groups -OCH3 is 1. The molecule has 0 radical (unpaired) electrons. The maximum Gasteiger partial charge on any atom is 0.296 e. The third kappa shape index (κ3) is 3.70. The summed E-state index contributed by atoms with van der Waals surface area (Å²) in [6.07, 6.45) is 0. The molecule has 0 aliphatic carbocycles. The Balaban J connectivity index is 1.66. The number of nitrogens with zero attached hydrogens (tertiary/aromatic N) is 2. The molecule has 0 saturated heterocycles. The number of anilines is 1. The minimum Gasteiger partial charge on any atom is -0.503 e. The van der Waals surface area contributed by atoms with Crippen molar-refractivity contribution >= 4 is 44.9 Å². The highest BCUT2D eigenvalue weighted by Gasteiger charge is 2.46. The predicted octanol–water partition coefficient (Wildman–Crippen LogP) is 5.19. The number of amides is 1. The fraction of sp³-hybridized carbons (Fsp3) is 0.154. The molecule has 0 fully saturated rings. The Bertz CT molecular complexity index is 1500. The quantitative estimate of drug-likeness (QED) is 0.372. The number of aromatic nitrogens is 1. The molecule has 4 aromatic rings. The van der Waals surface area contributed by atoms with Crippen molar-refractivity contribution in [3.63, 3.8) is 0 Å². The highest BCUT2D eigenvalue weighted by molar-refractivity contribution is 7.17. The Labute approximate surface area is 204 Å². The monoisotopic (exact) mass is 488 g/mol. The number of aliphatic hydroxyl groups excluding tert-OH is 1. The summed E-state index contributed by atoms with van der Waals surface area (Å²) >= 11 is 1.04. The minimum absolute atomic E-state index is 0.000607. The number of ether oxygens (including phenoxy) is 1. The van der Waals surface area contributed by atoms with E-state index in [0.717, 1.165) is 16.7 Å². The molecule has 0 bridgehead atoms. The molecule has 35 heavy (non-hydrogen) atoms. The van der Waals surface area contributed by atoms with Crippen molar-refractivity contribution in [2.45, 2.75) is 19.9 Å². The SMILES string of the molecule is COc1ccc(C2C(C(=O)c3cc4ccccc4o3)=C(O)C(=O)N2c2nc(C)c(C(C)=O)s2)cc1. The van der Waals surface area contributed by atoms with Gasteiger partial charge in [0.2, 0.25) is 5.78 Å². The average Bonchev–Trinajstić information content (AvgIpc) is 3.53. The molecule has 9 heteroatoms. The zero-order chi connectivity index (χ0) is 24.9. The van der Waals surface area contributed by atoms with Crippen molar-refractivity contribution in [3.05, 3.63) is 87.8 Å². The number of fused-ring (bicyclic) bond motifs is 1. The molecule has 1 amide bonds. The van der Waals surface area contributed by atoms with E-state index in [1.165, 1.54) is 18.9 Å². The van der Waals surface area contributed by atoms with E-state index in [1.54, 1.807) is 55.5 Å². The fourth-order valence-corrected chi connectivity index (χ4v) is 5.16. The normalized spacial score (nSPS) is 15.8. The van der Waals surface area contributed by atoms with Gasteiger partial charge in [-0.15, -0.1) is 0 Å². The highest BCUT2D eigenvalue weighted by atomic mass is 32.1. The van der Waals surface area contributed by atoms with Crippen molar-refractivity contribution in [3.8, 4) is 5.75 Å². The minimum atomic E-state index is -0.987. The molecule has 5 rings (SSSR count). The van der Waals surface area contributed by atoms with Gasteiger partial charge in [-0.2, -0.15) is 0 Å². The summed E-state index contributed by atoms with van der Waals surface area (Å²) in [6.45, 7) is 3.09. The number of aryl methyl sites for hydroxylation is 1. The summed E-state index contributed by atoms with van der Waals surface area (Å²) in [6, 6.07) is 14.6. The summed E-state index contributed by atoms with van der Waals surface area (Å²) in [5.74, 6) is -1.68. The molecule has 0 spiro atoms. The van der Waals surface area contributed by atoms with Gasteiger partial charge in [0.25, 0.3) is 5.91 Å². The summed E-state index contributed by atoms with van der Waals surface area (Å²) in [7, 11) is 1.53. The number of thiazole rings is 1. The second-order valence-corrected chi connectivity index (χ2v) is 9.04. The number of carbonyl (C=O) groups is 3. The molecule has 1 N–H and O–H groups in total. The van der Waals surface area contributed by atoms with Gasteiger partial charge in [-0.05, 0) is 36.8 Å². The van der Waals surface area contributed by atoms with Crippen LogP contribution in [-0.4, -0.2) is 34.7 Å². The first-order valence-corrected chi connectivity index (χ1v) is 11.5. The van der Waals surface area contributed by atoms with E-state index in [-0.39, 0.29) is 22.2 Å². The lowest BCUT2D eigenvalue weighted by Gasteiger charge is -2.24. The van der Waals surface area contributed by atoms with Gasteiger partial charge in [0, 0.05) is 12.3 Å². The number of rotatable bonds is 6. The number of furan rings is 1. The van der Waals surface area contributed by atoms with Crippen molar-refractivity contribution in [1.82, 2.24) is 4.98 Å². The van der Waals surface area contributed by atoms with Crippen LogP contribution in [0.25, 0.3) is 11.0 Å². The molecule has 3 heterocycles. The van der Waals surface area contributed by atoms with Gasteiger partial charge in [-0.3, -0.25) is 19.3 Å². The molecule has 2 aromatic heterocycles. The van der Waals surface area contributed by atoms with Crippen LogP contribution in [0.4, 0.5) is 5.13 Å². The van der Waals surface area contributed by atoms with Crippen LogP contribution in [0.1, 0.15) is 44.4 Å². The standard InChI is InChI=1S/C26H20N2O6S/c1-13-24(14(2)29)35-26(27-13)28-21(15-8-10-17(33-3)11-9-15)20(23(31)25(28)32)22(30)19-12-16-6-4-5-7-18(16)34-19/h4-12,21,31H,1-3H3. The van der Waals surface area contributed by atoms with Crippen molar-refractivity contribution in [2.24, 2.45) is 0 Å². The summed E-state index contributed by atoms with van der Waals surface area (Å²) in [5.41, 5.74) is 1.41. The van der Waals surface area contributed by atoms with Gasteiger partial charge >= 0.3 is 0 Å². The number of aliphatic hydroxyl groups is 1. The number of para-hydroxylation sites is 1. The van der Waals surface area contributed by atoms with Gasteiger partial charge in [-0.25, -0.2) is 4.98 Å². The first kappa shape index (κ1) is 22.5. The van der Waals surface area contributed by atoms with Crippen LogP contribution in [0, 0.1) is 6.92 Å². The molecule has 0 saturated carbocycles. The molecular formula is C26H20N2O6S. The van der Waals surface area contributed by atoms with E-state index >= 15 is 0 Å². The number of ketones is 2. The number of hydrogen-bond acceptors (Lipinski definition) is 8. The zero-order valence-electron chi connectivity index (χ0n) is 19.1. The lowest BCUT2D eigenvalue weighted by molar-refractivity contribution is -0.117. The van der Waals surface area contributed by atoms with Crippen molar-refractivity contribution in [2.75, 3.05) is 12.0 Å². The van der Waals surface area contributed by atoms with E-state index in [0.29, 0.717) is 27.5 Å². The van der Waals surface area contributed by atoms with E-state index in [9.17, 15) is 19.5 Å². The van der Waals surface area contributed by atoms with Crippen LogP contribution < -0.4 is 9.64 Å². The molecular weight excluding hydrogens is 468 g/mol. The molecule has 1 atom stereocenters. The topological polar surface area (TPSA) is 110 Å². The molecule has 2 aromatic carbocycles. The highest BCUT2D eigenvalue weighted by Crippen LogP contribution is 2.44. The number of carbonyl (C=O) groups excluding carboxylic acids is 3. The Kier molecular flexibility index (Phi) is 5.49. The van der Waals surface area contributed by atoms with Gasteiger partial charge in [0.05, 0.1) is 29.3 Å². The van der Waals surface area contributed by atoms with Gasteiger partial charge < -0.3 is 14.3 Å². The van der Waals surface area contributed by atoms with E-state index in [2.05, 4.69) is 4.98 Å².